The summed E-state index contributed by atoms with van der Waals surface area (Å²) < 4.78 is 32.1. The second-order valence-electron chi connectivity index (χ2n) is 7.27. The third kappa shape index (κ3) is 5.67. The highest BCUT2D eigenvalue weighted by molar-refractivity contribution is 7.89. The molecule has 1 aliphatic rings. The summed E-state index contributed by atoms with van der Waals surface area (Å²) >= 11 is 0. The van der Waals surface area contributed by atoms with Crippen LogP contribution in [0.3, 0.4) is 0 Å². The summed E-state index contributed by atoms with van der Waals surface area (Å²) in [5.41, 5.74) is 1.24. The molecular weight excluding hydrogens is 404 g/mol. The molecule has 1 unspecified atom stereocenters. The van der Waals surface area contributed by atoms with Crippen LogP contribution in [0, 0.1) is 0 Å². The Morgan fingerprint density at radius 2 is 1.63 bits per heavy atom. The monoisotopic (exact) mass is 430 g/mol. The average Bonchev–Trinajstić information content (AvgIpc) is 2.75. The van der Waals surface area contributed by atoms with Crippen LogP contribution in [0.25, 0.3) is 0 Å². The maximum Gasteiger partial charge on any atom is 0.311 e. The number of carbonyl (C=O) groups excluding carboxylic acids is 2. The molecule has 0 spiro atoms. The van der Waals surface area contributed by atoms with Crippen molar-refractivity contribution < 1.29 is 22.7 Å². The number of nitrogens with zero attached hydrogens (tertiary/aromatic N) is 1. The van der Waals surface area contributed by atoms with Gasteiger partial charge in [-0.1, -0.05) is 36.8 Å². The highest BCUT2D eigenvalue weighted by Gasteiger charge is 2.26. The molecule has 1 saturated heterocycles. The van der Waals surface area contributed by atoms with Gasteiger partial charge < -0.3 is 10.1 Å². The van der Waals surface area contributed by atoms with E-state index in [0.29, 0.717) is 18.8 Å². The summed E-state index contributed by atoms with van der Waals surface area (Å²) in [5.74, 6) is -0.977. The molecule has 7 nitrogen and oxygen atoms in total. The van der Waals surface area contributed by atoms with Gasteiger partial charge in [0.15, 0.2) is 6.10 Å². The van der Waals surface area contributed by atoms with E-state index in [0.717, 1.165) is 24.8 Å². The molecule has 2 aromatic rings. The molecule has 1 amide bonds. The van der Waals surface area contributed by atoms with Crippen molar-refractivity contribution in [1.82, 2.24) is 4.31 Å². The first-order chi connectivity index (χ1) is 14.4. The Hall–Kier alpha value is -2.71. The smallest absolute Gasteiger partial charge is 0.311 e. The minimum absolute atomic E-state index is 0.0848. The average molecular weight is 431 g/mol. The van der Waals surface area contributed by atoms with Crippen molar-refractivity contribution in [3.63, 3.8) is 0 Å². The van der Waals surface area contributed by atoms with Gasteiger partial charge in [-0.2, -0.15) is 4.31 Å². The summed E-state index contributed by atoms with van der Waals surface area (Å²) in [7, 11) is -3.52. The number of nitrogens with one attached hydrogen (secondary N) is 1. The SMILES string of the molecule is CC(OC(=O)Cc1ccccc1)C(=O)Nc1ccc(S(=O)(=O)N2CCCCC2)cc1. The Morgan fingerprint density at radius 3 is 2.27 bits per heavy atom. The van der Waals surface area contributed by atoms with Gasteiger partial charge >= 0.3 is 5.97 Å². The maximum absolute atomic E-state index is 12.7. The van der Waals surface area contributed by atoms with E-state index in [1.807, 2.05) is 30.3 Å². The number of piperidine rings is 1. The number of rotatable bonds is 7. The van der Waals surface area contributed by atoms with Crippen LogP contribution in [0.5, 0.6) is 0 Å². The molecule has 30 heavy (non-hydrogen) atoms. The number of hydrogen-bond donors (Lipinski definition) is 1. The van der Waals surface area contributed by atoms with Gasteiger partial charge in [0.25, 0.3) is 5.91 Å². The topological polar surface area (TPSA) is 92.8 Å². The Bertz CT molecular complexity index is 968. The molecular formula is C22H26N2O5S. The first-order valence-corrected chi connectivity index (χ1v) is 11.4. The molecule has 1 atom stereocenters. The molecule has 0 aliphatic carbocycles. The summed E-state index contributed by atoms with van der Waals surface area (Å²) in [5, 5.41) is 2.64. The minimum atomic E-state index is -3.52. The lowest BCUT2D eigenvalue weighted by molar-refractivity contribution is -0.152. The van der Waals surface area contributed by atoms with E-state index in [2.05, 4.69) is 5.32 Å². The van der Waals surface area contributed by atoms with Gasteiger partial charge in [0.1, 0.15) is 0 Å². The van der Waals surface area contributed by atoms with Crippen molar-refractivity contribution in [2.75, 3.05) is 18.4 Å². The Kier molecular flexibility index (Phi) is 7.23. The van der Waals surface area contributed by atoms with Crippen molar-refractivity contribution >= 4 is 27.6 Å². The van der Waals surface area contributed by atoms with Crippen LogP contribution < -0.4 is 5.32 Å². The quantitative estimate of drug-likeness (QED) is 0.682. The number of sulfonamides is 1. The lowest BCUT2D eigenvalue weighted by atomic mass is 10.1. The summed E-state index contributed by atoms with van der Waals surface area (Å²) in [6, 6.07) is 15.2. The van der Waals surface area contributed by atoms with Crippen LogP contribution in [0.4, 0.5) is 5.69 Å². The zero-order valence-corrected chi connectivity index (χ0v) is 17.7. The van der Waals surface area contributed by atoms with Crippen molar-refractivity contribution in [1.29, 1.82) is 0 Å². The zero-order chi connectivity index (χ0) is 21.6. The van der Waals surface area contributed by atoms with Crippen LogP contribution in [-0.4, -0.2) is 43.8 Å². The number of hydrogen-bond acceptors (Lipinski definition) is 5. The predicted molar refractivity (Wildman–Crippen MR) is 113 cm³/mol. The minimum Gasteiger partial charge on any atom is -0.452 e. The Balaban J connectivity index is 1.55. The van der Waals surface area contributed by atoms with Gasteiger partial charge in [-0.3, -0.25) is 9.59 Å². The van der Waals surface area contributed by atoms with E-state index >= 15 is 0 Å². The fraction of sp³-hybridized carbons (Fsp3) is 0.364. The van der Waals surface area contributed by atoms with Gasteiger partial charge in [-0.25, -0.2) is 8.42 Å². The molecule has 160 valence electrons. The highest BCUT2D eigenvalue weighted by atomic mass is 32.2. The molecule has 3 rings (SSSR count). The van der Waals surface area contributed by atoms with E-state index in [-0.39, 0.29) is 11.3 Å². The van der Waals surface area contributed by atoms with E-state index in [1.54, 1.807) is 0 Å². The number of carbonyl (C=O) groups is 2. The summed E-state index contributed by atoms with van der Waals surface area (Å²) in [6.45, 7) is 2.56. The Labute approximate surface area is 177 Å². The predicted octanol–water partition coefficient (Wildman–Crippen LogP) is 2.97. The number of amides is 1. The second-order valence-corrected chi connectivity index (χ2v) is 9.21. The molecule has 8 heteroatoms. The highest BCUT2D eigenvalue weighted by Crippen LogP contribution is 2.22. The van der Waals surface area contributed by atoms with Crippen LogP contribution in [-0.2, 0) is 30.8 Å². The fourth-order valence-electron chi connectivity index (χ4n) is 3.26. The molecule has 1 heterocycles. The first kappa shape index (κ1) is 22.0. The second kappa shape index (κ2) is 9.86. The van der Waals surface area contributed by atoms with Crippen molar-refractivity contribution in [2.45, 2.75) is 43.6 Å². The first-order valence-electron chi connectivity index (χ1n) is 10.0. The van der Waals surface area contributed by atoms with E-state index in [9.17, 15) is 18.0 Å². The van der Waals surface area contributed by atoms with Crippen molar-refractivity contribution in [2.24, 2.45) is 0 Å². The molecule has 0 saturated carbocycles. The number of ether oxygens (including phenoxy) is 1. The number of esters is 1. The van der Waals surface area contributed by atoms with Gasteiger partial charge in [-0.05, 0) is 49.6 Å². The maximum atomic E-state index is 12.7. The molecule has 1 aliphatic heterocycles. The van der Waals surface area contributed by atoms with E-state index in [4.69, 9.17) is 4.74 Å². The summed E-state index contributed by atoms with van der Waals surface area (Å²) in [6.07, 6.45) is 1.90. The zero-order valence-electron chi connectivity index (χ0n) is 16.9. The Morgan fingerprint density at radius 1 is 1.00 bits per heavy atom. The van der Waals surface area contributed by atoms with E-state index < -0.39 is 28.0 Å². The third-order valence-electron chi connectivity index (χ3n) is 4.94. The van der Waals surface area contributed by atoms with Crippen molar-refractivity contribution in [3.8, 4) is 0 Å². The molecule has 0 radical (unpaired) electrons. The van der Waals surface area contributed by atoms with Gasteiger partial charge in [0.05, 0.1) is 11.3 Å². The molecule has 0 bridgehead atoms. The van der Waals surface area contributed by atoms with E-state index in [1.165, 1.54) is 35.5 Å². The van der Waals surface area contributed by atoms with Crippen molar-refractivity contribution in [3.05, 3.63) is 60.2 Å². The van der Waals surface area contributed by atoms with Gasteiger partial charge in [0.2, 0.25) is 10.0 Å². The lowest BCUT2D eigenvalue weighted by Gasteiger charge is -2.25. The molecule has 1 N–H and O–H groups in total. The lowest BCUT2D eigenvalue weighted by Crippen LogP contribution is -2.35. The summed E-state index contributed by atoms with van der Waals surface area (Å²) in [4.78, 5) is 24.5. The molecule has 0 aromatic heterocycles. The van der Waals surface area contributed by atoms with Crippen LogP contribution >= 0.6 is 0 Å². The van der Waals surface area contributed by atoms with Crippen LogP contribution in [0.1, 0.15) is 31.7 Å². The van der Waals surface area contributed by atoms with Crippen LogP contribution in [0.2, 0.25) is 0 Å². The fourth-order valence-corrected chi connectivity index (χ4v) is 4.78. The number of anilines is 1. The normalized spacial score (nSPS) is 15.9. The largest absolute Gasteiger partial charge is 0.452 e. The van der Waals surface area contributed by atoms with Gasteiger partial charge in [0, 0.05) is 18.8 Å². The standard InChI is InChI=1S/C22H26N2O5S/c1-17(29-21(25)16-18-8-4-2-5-9-18)22(26)23-19-10-12-20(13-11-19)30(27,28)24-14-6-3-7-15-24/h2,4-5,8-13,17H,3,6-7,14-16H2,1H3,(H,23,26). The van der Waals surface area contributed by atoms with Gasteiger partial charge in [-0.15, -0.1) is 0 Å². The number of benzene rings is 2. The molecule has 1 fully saturated rings. The third-order valence-corrected chi connectivity index (χ3v) is 6.86. The van der Waals surface area contributed by atoms with Crippen LogP contribution in [0.15, 0.2) is 59.5 Å². The molecule has 2 aromatic carbocycles.